The molecule has 0 bridgehead atoms. The molecule has 6 heteroatoms. The fourth-order valence-corrected chi connectivity index (χ4v) is 3.36. The van der Waals surface area contributed by atoms with Crippen LogP contribution in [0.1, 0.15) is 15.2 Å². The molecule has 0 saturated heterocycles. The number of halogens is 3. The summed E-state index contributed by atoms with van der Waals surface area (Å²) in [5, 5.41) is 0.817. The highest BCUT2D eigenvalue weighted by Gasteiger charge is 2.30. The van der Waals surface area contributed by atoms with E-state index in [2.05, 4.69) is 0 Å². The van der Waals surface area contributed by atoms with Gasteiger partial charge >= 0.3 is 12.1 Å². The Morgan fingerprint density at radius 3 is 2.39 bits per heavy atom. The summed E-state index contributed by atoms with van der Waals surface area (Å²) in [6.07, 6.45) is -4.36. The van der Waals surface area contributed by atoms with Crippen molar-refractivity contribution < 1.29 is 22.7 Å². The van der Waals surface area contributed by atoms with Gasteiger partial charge in [-0.25, -0.2) is 4.79 Å². The second-order valence-corrected chi connectivity index (χ2v) is 5.98. The molecule has 0 spiro atoms. The van der Waals surface area contributed by atoms with Gasteiger partial charge in [0.1, 0.15) is 4.88 Å². The molecular weight excluding hydrogens is 325 g/mol. The van der Waals surface area contributed by atoms with E-state index in [1.807, 2.05) is 18.2 Å². The molecule has 0 fully saturated rings. The van der Waals surface area contributed by atoms with E-state index in [-0.39, 0.29) is 0 Å². The van der Waals surface area contributed by atoms with E-state index in [1.54, 1.807) is 6.07 Å². The molecule has 0 N–H and O–H groups in total. The van der Waals surface area contributed by atoms with E-state index >= 15 is 0 Å². The third kappa shape index (κ3) is 2.94. The Morgan fingerprint density at radius 1 is 1.09 bits per heavy atom. The Morgan fingerprint density at radius 2 is 1.78 bits per heavy atom. The number of esters is 1. The average Bonchev–Trinajstić information content (AvgIpc) is 2.97. The van der Waals surface area contributed by atoms with E-state index in [4.69, 9.17) is 4.74 Å². The average molecular weight is 336 g/mol. The quantitative estimate of drug-likeness (QED) is 0.588. The fraction of sp³-hybridized carbons (Fsp3) is 0.118. The van der Waals surface area contributed by atoms with Gasteiger partial charge < -0.3 is 4.74 Å². The second kappa shape index (κ2) is 5.70. The van der Waals surface area contributed by atoms with Crippen LogP contribution in [0.3, 0.4) is 0 Å². The third-order valence-electron chi connectivity index (χ3n) is 3.47. The van der Waals surface area contributed by atoms with Crippen LogP contribution < -0.4 is 0 Å². The van der Waals surface area contributed by atoms with E-state index in [9.17, 15) is 18.0 Å². The standard InChI is InChI=1S/C17H11F3O2S/c1-22-16(21)15-9-13-12(3-2-4-14(13)23-15)10-5-7-11(8-6-10)17(18,19)20/h2-9H,1H3. The first kappa shape index (κ1) is 15.6. The smallest absolute Gasteiger partial charge is 0.416 e. The predicted molar refractivity (Wildman–Crippen MR) is 83.6 cm³/mol. The highest BCUT2D eigenvalue weighted by Crippen LogP contribution is 2.36. The molecule has 0 unspecified atom stereocenters. The Hall–Kier alpha value is -2.34. The van der Waals surface area contributed by atoms with Gasteiger partial charge in [0.2, 0.25) is 0 Å². The number of hydrogen-bond acceptors (Lipinski definition) is 3. The number of alkyl halides is 3. The molecule has 0 atom stereocenters. The molecule has 0 saturated carbocycles. The predicted octanol–water partition coefficient (Wildman–Crippen LogP) is 5.37. The summed E-state index contributed by atoms with van der Waals surface area (Å²) in [5.74, 6) is -0.426. The SMILES string of the molecule is COC(=O)c1cc2c(-c3ccc(C(F)(F)F)cc3)cccc2s1. The minimum absolute atomic E-state index is 0.426. The van der Waals surface area contributed by atoms with Crippen LogP contribution in [-0.2, 0) is 10.9 Å². The first-order chi connectivity index (χ1) is 10.9. The van der Waals surface area contributed by atoms with Crippen LogP contribution in [0.5, 0.6) is 0 Å². The Kier molecular flexibility index (Phi) is 3.85. The number of carbonyl (C=O) groups is 1. The van der Waals surface area contributed by atoms with Gasteiger partial charge in [0.05, 0.1) is 12.7 Å². The van der Waals surface area contributed by atoms with Gasteiger partial charge in [0, 0.05) is 10.1 Å². The molecule has 2 aromatic carbocycles. The number of fused-ring (bicyclic) bond motifs is 1. The lowest BCUT2D eigenvalue weighted by atomic mass is 10.0. The van der Waals surface area contributed by atoms with Crippen LogP contribution in [0.25, 0.3) is 21.2 Å². The van der Waals surface area contributed by atoms with Crippen molar-refractivity contribution in [1.82, 2.24) is 0 Å². The minimum Gasteiger partial charge on any atom is -0.465 e. The van der Waals surface area contributed by atoms with Crippen molar-refractivity contribution in [3.8, 4) is 11.1 Å². The lowest BCUT2D eigenvalue weighted by molar-refractivity contribution is -0.137. The van der Waals surface area contributed by atoms with Gasteiger partial charge in [-0.15, -0.1) is 11.3 Å². The topological polar surface area (TPSA) is 26.3 Å². The van der Waals surface area contributed by atoms with Gasteiger partial charge in [0.15, 0.2) is 0 Å². The van der Waals surface area contributed by atoms with Crippen LogP contribution in [0.15, 0.2) is 48.5 Å². The molecule has 0 aliphatic rings. The normalized spacial score (nSPS) is 11.7. The van der Waals surface area contributed by atoms with Gasteiger partial charge in [-0.3, -0.25) is 0 Å². The van der Waals surface area contributed by atoms with Crippen molar-refractivity contribution in [2.75, 3.05) is 7.11 Å². The zero-order valence-electron chi connectivity index (χ0n) is 12.0. The Labute approximate surface area is 134 Å². The Balaban J connectivity index is 2.09. The van der Waals surface area contributed by atoms with Gasteiger partial charge in [0.25, 0.3) is 0 Å². The largest absolute Gasteiger partial charge is 0.465 e. The zero-order chi connectivity index (χ0) is 16.6. The van der Waals surface area contributed by atoms with Crippen molar-refractivity contribution in [2.45, 2.75) is 6.18 Å². The maximum Gasteiger partial charge on any atom is 0.416 e. The summed E-state index contributed by atoms with van der Waals surface area (Å²) >= 11 is 1.29. The van der Waals surface area contributed by atoms with E-state index < -0.39 is 17.7 Å². The molecule has 3 aromatic rings. The number of methoxy groups -OCH3 is 1. The van der Waals surface area contributed by atoms with E-state index in [0.29, 0.717) is 10.4 Å². The van der Waals surface area contributed by atoms with E-state index in [1.165, 1.54) is 30.6 Å². The van der Waals surface area contributed by atoms with Crippen molar-refractivity contribution in [1.29, 1.82) is 0 Å². The summed E-state index contributed by atoms with van der Waals surface area (Å²) in [7, 11) is 1.31. The number of benzene rings is 2. The maximum atomic E-state index is 12.7. The van der Waals surface area contributed by atoms with Crippen LogP contribution in [-0.4, -0.2) is 13.1 Å². The number of ether oxygens (including phenoxy) is 1. The molecule has 1 aromatic heterocycles. The minimum atomic E-state index is -4.36. The summed E-state index contributed by atoms with van der Waals surface area (Å²) < 4.78 is 43.6. The highest BCUT2D eigenvalue weighted by atomic mass is 32.1. The molecule has 0 aliphatic heterocycles. The highest BCUT2D eigenvalue weighted by molar-refractivity contribution is 7.20. The molecule has 2 nitrogen and oxygen atoms in total. The second-order valence-electron chi connectivity index (χ2n) is 4.89. The Bertz CT molecular complexity index is 864. The monoisotopic (exact) mass is 336 g/mol. The first-order valence-corrected chi connectivity index (χ1v) is 7.50. The number of rotatable bonds is 2. The van der Waals surface area contributed by atoms with Crippen LogP contribution >= 0.6 is 11.3 Å². The summed E-state index contributed by atoms with van der Waals surface area (Å²) in [5.41, 5.74) is 0.759. The van der Waals surface area contributed by atoms with Crippen molar-refractivity contribution >= 4 is 27.4 Å². The van der Waals surface area contributed by atoms with Crippen LogP contribution in [0.4, 0.5) is 13.2 Å². The maximum absolute atomic E-state index is 12.7. The van der Waals surface area contributed by atoms with Crippen molar-refractivity contribution in [3.05, 3.63) is 59.0 Å². The third-order valence-corrected chi connectivity index (χ3v) is 4.55. The zero-order valence-corrected chi connectivity index (χ0v) is 12.8. The lowest BCUT2D eigenvalue weighted by Gasteiger charge is -2.08. The first-order valence-electron chi connectivity index (χ1n) is 6.68. The summed E-state index contributed by atoms with van der Waals surface area (Å²) in [6, 6.07) is 12.2. The van der Waals surface area contributed by atoms with Crippen LogP contribution in [0, 0.1) is 0 Å². The molecule has 118 valence electrons. The van der Waals surface area contributed by atoms with Gasteiger partial charge in [-0.05, 0) is 35.4 Å². The van der Waals surface area contributed by atoms with E-state index in [0.717, 1.165) is 27.8 Å². The molecule has 0 amide bonds. The van der Waals surface area contributed by atoms with Crippen molar-refractivity contribution in [3.63, 3.8) is 0 Å². The molecule has 1 heterocycles. The fourth-order valence-electron chi connectivity index (χ4n) is 2.35. The molecule has 0 radical (unpaired) electrons. The van der Waals surface area contributed by atoms with Crippen molar-refractivity contribution in [2.24, 2.45) is 0 Å². The summed E-state index contributed by atoms with van der Waals surface area (Å²) in [4.78, 5) is 12.1. The summed E-state index contributed by atoms with van der Waals surface area (Å²) in [6.45, 7) is 0. The number of carbonyl (C=O) groups excluding carboxylic acids is 1. The lowest BCUT2D eigenvalue weighted by Crippen LogP contribution is -2.03. The van der Waals surface area contributed by atoms with Crippen LogP contribution in [0.2, 0.25) is 0 Å². The van der Waals surface area contributed by atoms with Gasteiger partial charge in [-0.1, -0.05) is 24.3 Å². The van der Waals surface area contributed by atoms with Gasteiger partial charge in [-0.2, -0.15) is 13.2 Å². The number of thiophene rings is 1. The molecule has 0 aliphatic carbocycles. The molecular formula is C17H11F3O2S. The molecule has 3 rings (SSSR count). The molecule has 23 heavy (non-hydrogen) atoms. The number of hydrogen-bond donors (Lipinski definition) is 0.